The molecule has 0 aromatic carbocycles. The Labute approximate surface area is 148 Å². The smallest absolute Gasteiger partial charge is 0.391 e. The van der Waals surface area contributed by atoms with Gasteiger partial charge in [0.05, 0.1) is 17.6 Å². The Morgan fingerprint density at radius 2 is 2.20 bits per heavy atom. The summed E-state index contributed by atoms with van der Waals surface area (Å²) < 4.78 is 33.3. The van der Waals surface area contributed by atoms with Crippen LogP contribution < -0.4 is 4.74 Å². The van der Waals surface area contributed by atoms with Crippen molar-refractivity contribution in [1.82, 2.24) is 14.8 Å². The van der Waals surface area contributed by atoms with E-state index < -0.39 is 31.0 Å². The normalized spacial score (nSPS) is 26.0. The quantitative estimate of drug-likeness (QED) is 0.799. The van der Waals surface area contributed by atoms with Gasteiger partial charge < -0.3 is 9.64 Å². The lowest BCUT2D eigenvalue weighted by molar-refractivity contribution is -0.137. The van der Waals surface area contributed by atoms with E-state index in [1.54, 1.807) is 0 Å². The number of ether oxygens (including phenoxy) is 1. The summed E-state index contributed by atoms with van der Waals surface area (Å²) in [5.41, 5.74) is 0. The number of likely N-dealkylation sites (tertiary alicyclic amines) is 2. The fraction of sp³-hybridized carbons (Fsp3) is 0.562. The van der Waals surface area contributed by atoms with Crippen LogP contribution in [0.2, 0.25) is 5.02 Å². The fourth-order valence-electron chi connectivity index (χ4n) is 3.38. The van der Waals surface area contributed by atoms with Crippen LogP contribution in [0, 0.1) is 0 Å². The molecule has 0 radical (unpaired) electrons. The van der Waals surface area contributed by atoms with Gasteiger partial charge in [-0.25, -0.2) is 18.6 Å². The van der Waals surface area contributed by atoms with Gasteiger partial charge in [-0.1, -0.05) is 11.6 Å². The van der Waals surface area contributed by atoms with E-state index in [0.717, 1.165) is 4.90 Å². The largest absolute Gasteiger partial charge is 0.416 e. The first kappa shape index (κ1) is 17.8. The van der Waals surface area contributed by atoms with Gasteiger partial charge in [0.1, 0.15) is 0 Å². The summed E-state index contributed by atoms with van der Waals surface area (Å²) in [7, 11) is 0. The van der Waals surface area contributed by atoms with E-state index in [2.05, 4.69) is 4.98 Å². The Morgan fingerprint density at radius 3 is 2.80 bits per heavy atom. The van der Waals surface area contributed by atoms with Gasteiger partial charge in [0.2, 0.25) is 11.8 Å². The van der Waals surface area contributed by atoms with Gasteiger partial charge in [-0.3, -0.25) is 9.69 Å². The topological polar surface area (TPSA) is 62.7 Å². The number of carbonyl (C=O) groups is 2. The minimum absolute atomic E-state index is 0.0120. The summed E-state index contributed by atoms with van der Waals surface area (Å²) in [6.45, 7) is 1.10. The monoisotopic (exact) mass is 373 g/mol. The van der Waals surface area contributed by atoms with Crippen LogP contribution in [0.25, 0.3) is 0 Å². The van der Waals surface area contributed by atoms with Crippen LogP contribution in [-0.2, 0) is 4.79 Å². The Balaban J connectivity index is 1.73. The molecule has 25 heavy (non-hydrogen) atoms. The third-order valence-corrected chi connectivity index (χ3v) is 4.69. The highest BCUT2D eigenvalue weighted by atomic mass is 35.5. The van der Waals surface area contributed by atoms with Gasteiger partial charge in [0.25, 0.3) is 5.92 Å². The molecular weight excluding hydrogens is 356 g/mol. The lowest BCUT2D eigenvalue weighted by atomic mass is 10.0. The van der Waals surface area contributed by atoms with Crippen LogP contribution in [0.1, 0.15) is 26.2 Å². The molecule has 2 saturated heterocycles. The number of alkyl halides is 2. The minimum Gasteiger partial charge on any atom is -0.391 e. The molecule has 9 heteroatoms. The highest BCUT2D eigenvalue weighted by Gasteiger charge is 2.47. The average molecular weight is 374 g/mol. The number of halogens is 3. The highest BCUT2D eigenvalue weighted by Crippen LogP contribution is 2.33. The molecule has 3 rings (SSSR count). The molecule has 3 heterocycles. The molecule has 0 N–H and O–H groups in total. The summed E-state index contributed by atoms with van der Waals surface area (Å²) in [6.07, 6.45) is 0.912. The van der Waals surface area contributed by atoms with Crippen molar-refractivity contribution in [1.29, 1.82) is 0 Å². The highest BCUT2D eigenvalue weighted by molar-refractivity contribution is 6.30. The van der Waals surface area contributed by atoms with Gasteiger partial charge >= 0.3 is 6.09 Å². The number of rotatable bonds is 2. The lowest BCUT2D eigenvalue weighted by Gasteiger charge is -2.42. The third kappa shape index (κ3) is 4.00. The second-order valence-corrected chi connectivity index (χ2v) is 6.90. The van der Waals surface area contributed by atoms with Gasteiger partial charge in [-0.15, -0.1) is 0 Å². The molecule has 2 aliphatic rings. The van der Waals surface area contributed by atoms with Crippen molar-refractivity contribution >= 4 is 23.6 Å². The summed E-state index contributed by atoms with van der Waals surface area (Å²) in [4.78, 5) is 30.5. The van der Waals surface area contributed by atoms with Crippen LogP contribution in [-0.4, -0.2) is 57.9 Å². The summed E-state index contributed by atoms with van der Waals surface area (Å²) >= 11 is 5.70. The van der Waals surface area contributed by atoms with Crippen molar-refractivity contribution in [2.45, 2.75) is 44.2 Å². The molecule has 1 aromatic rings. The van der Waals surface area contributed by atoms with Crippen molar-refractivity contribution in [3.8, 4) is 5.88 Å². The number of aromatic nitrogens is 1. The van der Waals surface area contributed by atoms with E-state index in [9.17, 15) is 18.4 Å². The SMILES string of the molecule is CC1CCC(=O)N1[C@H]1CN(C(=O)Oc2ccc(Cl)cn2)CC(F)(F)C1. The van der Waals surface area contributed by atoms with Gasteiger partial charge in [-0.2, -0.15) is 0 Å². The first-order valence-electron chi connectivity index (χ1n) is 8.02. The zero-order valence-corrected chi connectivity index (χ0v) is 14.4. The van der Waals surface area contributed by atoms with E-state index in [1.807, 2.05) is 6.92 Å². The molecule has 1 unspecified atom stereocenters. The Morgan fingerprint density at radius 1 is 1.44 bits per heavy atom. The van der Waals surface area contributed by atoms with Crippen molar-refractivity contribution in [2.24, 2.45) is 0 Å². The Hall–Kier alpha value is -1.96. The number of amides is 2. The number of hydrogen-bond acceptors (Lipinski definition) is 4. The molecule has 0 saturated carbocycles. The zero-order chi connectivity index (χ0) is 18.2. The predicted molar refractivity (Wildman–Crippen MR) is 85.7 cm³/mol. The Kier molecular flexibility index (Phi) is 4.81. The number of nitrogens with zero attached hydrogens (tertiary/aromatic N) is 3. The van der Waals surface area contributed by atoms with E-state index in [4.69, 9.17) is 16.3 Å². The maximum atomic E-state index is 14.1. The van der Waals surface area contributed by atoms with E-state index in [-0.39, 0.29) is 24.4 Å². The van der Waals surface area contributed by atoms with Crippen LogP contribution >= 0.6 is 11.6 Å². The third-order valence-electron chi connectivity index (χ3n) is 4.47. The molecule has 0 bridgehead atoms. The zero-order valence-electron chi connectivity index (χ0n) is 13.6. The number of pyridine rings is 1. The summed E-state index contributed by atoms with van der Waals surface area (Å²) in [5.74, 6) is -3.26. The van der Waals surface area contributed by atoms with Gasteiger partial charge in [-0.05, 0) is 19.4 Å². The van der Waals surface area contributed by atoms with E-state index >= 15 is 0 Å². The first-order valence-corrected chi connectivity index (χ1v) is 8.40. The molecule has 2 fully saturated rings. The van der Waals surface area contributed by atoms with Crippen molar-refractivity contribution in [3.63, 3.8) is 0 Å². The van der Waals surface area contributed by atoms with E-state index in [1.165, 1.54) is 23.2 Å². The maximum absolute atomic E-state index is 14.1. The number of carbonyl (C=O) groups excluding carboxylic acids is 2. The van der Waals surface area contributed by atoms with Crippen molar-refractivity contribution in [2.75, 3.05) is 13.1 Å². The number of hydrogen-bond donors (Lipinski definition) is 0. The molecule has 6 nitrogen and oxygen atoms in total. The van der Waals surface area contributed by atoms with Gasteiger partial charge in [0, 0.05) is 37.7 Å². The van der Waals surface area contributed by atoms with Crippen LogP contribution in [0.3, 0.4) is 0 Å². The fourth-order valence-corrected chi connectivity index (χ4v) is 3.50. The predicted octanol–water partition coefficient (Wildman–Crippen LogP) is 2.95. The van der Waals surface area contributed by atoms with Crippen molar-refractivity contribution < 1.29 is 23.1 Å². The molecule has 2 atom stereocenters. The summed E-state index contributed by atoms with van der Waals surface area (Å²) in [6, 6.07) is 2.03. The molecule has 1 aromatic heterocycles. The number of piperidine rings is 1. The second kappa shape index (κ2) is 6.74. The average Bonchev–Trinajstić information content (AvgIpc) is 2.87. The molecule has 136 valence electrons. The van der Waals surface area contributed by atoms with Crippen molar-refractivity contribution in [3.05, 3.63) is 23.4 Å². The molecule has 2 aliphatic heterocycles. The molecular formula is C16H18ClF2N3O3. The molecule has 2 amide bonds. The van der Waals surface area contributed by atoms with E-state index in [0.29, 0.717) is 17.9 Å². The summed E-state index contributed by atoms with van der Waals surface area (Å²) in [5, 5.41) is 0.367. The molecule has 0 spiro atoms. The second-order valence-electron chi connectivity index (χ2n) is 6.47. The Bertz CT molecular complexity index is 671. The first-order chi connectivity index (χ1) is 11.7. The maximum Gasteiger partial charge on any atom is 0.416 e. The molecule has 0 aliphatic carbocycles. The standard InChI is InChI=1S/C16H18ClF2N3O3/c1-10-2-5-14(23)22(10)12-6-16(18,19)9-21(8-12)15(24)25-13-4-3-11(17)7-20-13/h3-4,7,10,12H,2,5-6,8-9H2,1H3/t10?,12-/m1/s1. The van der Waals surface area contributed by atoms with Crippen LogP contribution in [0.4, 0.5) is 13.6 Å². The van der Waals surface area contributed by atoms with Gasteiger partial charge in [0.15, 0.2) is 0 Å². The van der Waals surface area contributed by atoms with Crippen LogP contribution in [0.5, 0.6) is 5.88 Å². The minimum atomic E-state index is -3.09. The van der Waals surface area contributed by atoms with Crippen LogP contribution in [0.15, 0.2) is 18.3 Å². The lowest BCUT2D eigenvalue weighted by Crippen LogP contribution is -2.58.